The summed E-state index contributed by atoms with van der Waals surface area (Å²) < 4.78 is 5.55. The van der Waals surface area contributed by atoms with Crippen molar-refractivity contribution in [3.8, 4) is 0 Å². The van der Waals surface area contributed by atoms with E-state index in [0.29, 0.717) is 6.04 Å². The number of carbonyl (C=O) groups excluding carboxylic acids is 1. The maximum atomic E-state index is 12.3. The highest BCUT2D eigenvalue weighted by Crippen LogP contribution is 2.20. The van der Waals surface area contributed by atoms with Crippen LogP contribution in [0.15, 0.2) is 0 Å². The van der Waals surface area contributed by atoms with Gasteiger partial charge in [-0.3, -0.25) is 0 Å². The minimum absolute atomic E-state index is 0.163. The maximum absolute atomic E-state index is 12.3. The van der Waals surface area contributed by atoms with Gasteiger partial charge in [0.05, 0.1) is 0 Å². The molecular formula is C18H37N3O2. The van der Waals surface area contributed by atoms with Crippen molar-refractivity contribution in [2.24, 2.45) is 0 Å². The van der Waals surface area contributed by atoms with Gasteiger partial charge in [-0.05, 0) is 80.4 Å². The van der Waals surface area contributed by atoms with Crippen LogP contribution in [-0.4, -0.2) is 66.8 Å². The second kappa shape index (κ2) is 9.48. The minimum atomic E-state index is -0.423. The van der Waals surface area contributed by atoms with Gasteiger partial charge in [0.15, 0.2) is 0 Å². The topological polar surface area (TPSA) is 44.8 Å². The zero-order chi connectivity index (χ0) is 17.5. The molecule has 1 N–H and O–H groups in total. The average Bonchev–Trinajstić information content (AvgIpc) is 2.45. The Morgan fingerprint density at radius 1 is 1.35 bits per heavy atom. The Morgan fingerprint density at radius 2 is 2.04 bits per heavy atom. The first kappa shape index (κ1) is 20.2. The van der Waals surface area contributed by atoms with Crippen molar-refractivity contribution >= 4 is 6.09 Å². The Labute approximate surface area is 142 Å². The van der Waals surface area contributed by atoms with E-state index in [0.717, 1.165) is 45.4 Å². The molecule has 1 fully saturated rings. The molecule has 0 aromatic carbocycles. The van der Waals surface area contributed by atoms with Crippen LogP contribution in [-0.2, 0) is 4.74 Å². The first-order valence-corrected chi connectivity index (χ1v) is 9.11. The molecule has 1 amide bonds. The fourth-order valence-corrected chi connectivity index (χ4v) is 2.75. The summed E-state index contributed by atoms with van der Waals surface area (Å²) in [6.07, 6.45) is 4.31. The van der Waals surface area contributed by atoms with E-state index in [2.05, 4.69) is 31.1 Å². The van der Waals surface area contributed by atoms with Crippen molar-refractivity contribution in [3.05, 3.63) is 0 Å². The molecular weight excluding hydrogens is 290 g/mol. The molecule has 5 nitrogen and oxygen atoms in total. The third-order valence-electron chi connectivity index (χ3n) is 4.38. The van der Waals surface area contributed by atoms with Crippen LogP contribution in [0.2, 0.25) is 0 Å². The van der Waals surface area contributed by atoms with E-state index in [9.17, 15) is 4.79 Å². The number of ether oxygens (including phenoxy) is 1. The SMILES string of the molecule is CC(C)N(C)CCCNCC1CCCCN1C(=O)OC(C)(C)C. The molecule has 0 radical (unpaired) electrons. The molecule has 0 bridgehead atoms. The van der Waals surface area contributed by atoms with Crippen molar-refractivity contribution in [1.82, 2.24) is 15.1 Å². The first-order valence-electron chi connectivity index (χ1n) is 9.11. The number of rotatable bonds is 7. The van der Waals surface area contributed by atoms with Gasteiger partial charge in [0.25, 0.3) is 0 Å². The standard InChI is InChI=1S/C18H37N3O2/c1-15(2)20(6)12-9-11-19-14-16-10-7-8-13-21(16)17(22)23-18(3,4)5/h15-16,19H,7-14H2,1-6H3. The summed E-state index contributed by atoms with van der Waals surface area (Å²) in [7, 11) is 2.16. The summed E-state index contributed by atoms with van der Waals surface area (Å²) >= 11 is 0. The van der Waals surface area contributed by atoms with Gasteiger partial charge in [-0.1, -0.05) is 0 Å². The van der Waals surface area contributed by atoms with Gasteiger partial charge in [0.2, 0.25) is 0 Å². The van der Waals surface area contributed by atoms with Gasteiger partial charge in [0.1, 0.15) is 5.60 Å². The Bertz CT molecular complexity index is 353. The molecule has 0 aromatic rings. The number of likely N-dealkylation sites (tertiary alicyclic amines) is 1. The third kappa shape index (κ3) is 8.02. The van der Waals surface area contributed by atoms with Crippen molar-refractivity contribution in [1.29, 1.82) is 0 Å². The Balaban J connectivity index is 2.33. The summed E-state index contributed by atoms with van der Waals surface area (Å²) in [6, 6.07) is 0.859. The second-order valence-corrected chi connectivity index (χ2v) is 7.96. The number of nitrogens with one attached hydrogen (secondary N) is 1. The minimum Gasteiger partial charge on any atom is -0.444 e. The molecule has 0 aliphatic carbocycles. The van der Waals surface area contributed by atoms with E-state index in [-0.39, 0.29) is 12.1 Å². The van der Waals surface area contributed by atoms with Crippen LogP contribution in [0.5, 0.6) is 0 Å². The molecule has 136 valence electrons. The lowest BCUT2D eigenvalue weighted by atomic mass is 10.0. The summed E-state index contributed by atoms with van der Waals surface area (Å²) in [6.45, 7) is 14.0. The van der Waals surface area contributed by atoms with E-state index >= 15 is 0 Å². The van der Waals surface area contributed by atoms with E-state index in [4.69, 9.17) is 4.74 Å². The smallest absolute Gasteiger partial charge is 0.410 e. The number of hydrogen-bond acceptors (Lipinski definition) is 4. The normalized spacial score (nSPS) is 19.5. The van der Waals surface area contributed by atoms with Crippen molar-refractivity contribution in [3.63, 3.8) is 0 Å². The second-order valence-electron chi connectivity index (χ2n) is 7.96. The zero-order valence-electron chi connectivity index (χ0n) is 16.0. The summed E-state index contributed by atoms with van der Waals surface area (Å²) in [5.41, 5.74) is -0.423. The average molecular weight is 328 g/mol. The monoisotopic (exact) mass is 327 g/mol. The zero-order valence-corrected chi connectivity index (χ0v) is 16.0. The molecule has 1 aliphatic heterocycles. The van der Waals surface area contributed by atoms with E-state index in [1.165, 1.54) is 6.42 Å². The van der Waals surface area contributed by atoms with Crippen LogP contribution in [0, 0.1) is 0 Å². The summed E-state index contributed by atoms with van der Waals surface area (Å²) in [5, 5.41) is 3.52. The molecule has 1 heterocycles. The highest BCUT2D eigenvalue weighted by atomic mass is 16.6. The fraction of sp³-hybridized carbons (Fsp3) is 0.944. The van der Waals surface area contributed by atoms with Crippen molar-refractivity contribution in [2.45, 2.75) is 78.0 Å². The molecule has 0 saturated carbocycles. The molecule has 0 spiro atoms. The van der Waals surface area contributed by atoms with Crippen LogP contribution >= 0.6 is 0 Å². The Morgan fingerprint density at radius 3 is 2.65 bits per heavy atom. The molecule has 23 heavy (non-hydrogen) atoms. The predicted octanol–water partition coefficient (Wildman–Crippen LogP) is 3.10. The predicted molar refractivity (Wildman–Crippen MR) is 95.8 cm³/mol. The number of hydrogen-bond donors (Lipinski definition) is 1. The highest BCUT2D eigenvalue weighted by molar-refractivity contribution is 5.68. The molecule has 1 aliphatic rings. The molecule has 1 saturated heterocycles. The van der Waals surface area contributed by atoms with Gasteiger partial charge >= 0.3 is 6.09 Å². The van der Waals surface area contributed by atoms with E-state index in [1.54, 1.807) is 0 Å². The molecule has 1 unspecified atom stereocenters. The number of nitrogens with zero attached hydrogens (tertiary/aromatic N) is 2. The lowest BCUT2D eigenvalue weighted by molar-refractivity contribution is 0.00996. The van der Waals surface area contributed by atoms with Crippen LogP contribution in [0.1, 0.15) is 60.3 Å². The molecule has 0 aromatic heterocycles. The number of carbonyl (C=O) groups is 1. The quantitative estimate of drug-likeness (QED) is 0.730. The number of piperidine rings is 1. The Hall–Kier alpha value is -0.810. The highest BCUT2D eigenvalue weighted by Gasteiger charge is 2.30. The molecule has 5 heteroatoms. The van der Waals surface area contributed by atoms with E-state index in [1.807, 2.05) is 25.7 Å². The van der Waals surface area contributed by atoms with Gasteiger partial charge in [-0.15, -0.1) is 0 Å². The fourth-order valence-electron chi connectivity index (χ4n) is 2.75. The van der Waals surface area contributed by atoms with E-state index < -0.39 is 5.60 Å². The molecule has 1 atom stereocenters. The van der Waals surface area contributed by atoms with Crippen LogP contribution in [0.3, 0.4) is 0 Å². The van der Waals surface area contributed by atoms with Crippen molar-refractivity contribution in [2.75, 3.05) is 33.2 Å². The largest absolute Gasteiger partial charge is 0.444 e. The first-order chi connectivity index (χ1) is 10.7. The summed E-state index contributed by atoms with van der Waals surface area (Å²) in [4.78, 5) is 16.6. The maximum Gasteiger partial charge on any atom is 0.410 e. The van der Waals surface area contributed by atoms with Gasteiger partial charge in [-0.25, -0.2) is 4.79 Å². The van der Waals surface area contributed by atoms with Gasteiger partial charge in [-0.2, -0.15) is 0 Å². The molecule has 1 rings (SSSR count). The van der Waals surface area contributed by atoms with Crippen LogP contribution < -0.4 is 5.32 Å². The third-order valence-corrected chi connectivity index (χ3v) is 4.38. The summed E-state index contributed by atoms with van der Waals surface area (Å²) in [5.74, 6) is 0. The lowest BCUT2D eigenvalue weighted by Crippen LogP contribution is -2.50. The van der Waals surface area contributed by atoms with Crippen molar-refractivity contribution < 1.29 is 9.53 Å². The van der Waals surface area contributed by atoms with Gasteiger partial charge < -0.3 is 19.9 Å². The lowest BCUT2D eigenvalue weighted by Gasteiger charge is -2.37. The van der Waals surface area contributed by atoms with Crippen LogP contribution in [0.25, 0.3) is 0 Å². The Kier molecular flexibility index (Phi) is 8.34. The number of amides is 1. The van der Waals surface area contributed by atoms with Crippen LogP contribution in [0.4, 0.5) is 4.79 Å². The van der Waals surface area contributed by atoms with Gasteiger partial charge in [0, 0.05) is 25.2 Å².